The first-order chi connectivity index (χ1) is 11.0. The van der Waals surface area contributed by atoms with Crippen molar-refractivity contribution < 1.29 is 24.2 Å². The summed E-state index contributed by atoms with van der Waals surface area (Å²) in [4.78, 5) is 34.0. The van der Waals surface area contributed by atoms with Gasteiger partial charge in [-0.05, 0) is 37.1 Å². The maximum Gasteiger partial charge on any atom is 0.326 e. The van der Waals surface area contributed by atoms with Crippen molar-refractivity contribution in [1.29, 1.82) is 0 Å². The molecule has 1 aromatic rings. The van der Waals surface area contributed by atoms with Crippen molar-refractivity contribution in [2.24, 2.45) is 0 Å². The van der Waals surface area contributed by atoms with E-state index in [1.807, 2.05) is 6.92 Å². The summed E-state index contributed by atoms with van der Waals surface area (Å²) >= 11 is 0. The number of carboxylic acids is 1. The number of ether oxygens (including phenoxy) is 1. The van der Waals surface area contributed by atoms with Gasteiger partial charge in [0.2, 0.25) is 0 Å². The Hall–Kier alpha value is -2.37. The largest absolute Gasteiger partial charge is 0.481 e. The van der Waals surface area contributed by atoms with Gasteiger partial charge in [0.1, 0.15) is 18.1 Å². The maximum absolute atomic E-state index is 12.2. The van der Waals surface area contributed by atoms with Crippen LogP contribution in [0.5, 0.6) is 5.75 Å². The molecular formula is C17H23NO5. The van der Waals surface area contributed by atoms with Gasteiger partial charge in [-0.2, -0.15) is 0 Å². The Morgan fingerprint density at radius 3 is 2.39 bits per heavy atom. The highest BCUT2D eigenvalue weighted by Crippen LogP contribution is 2.15. The number of unbranched alkanes of at least 4 members (excludes halogenated alkanes) is 1. The molecule has 2 N–H and O–H groups in total. The second-order valence-corrected chi connectivity index (χ2v) is 5.24. The molecule has 1 aromatic carbocycles. The zero-order valence-corrected chi connectivity index (χ0v) is 13.5. The molecule has 6 nitrogen and oxygen atoms in total. The van der Waals surface area contributed by atoms with Crippen molar-refractivity contribution in [2.45, 2.75) is 51.7 Å². The lowest BCUT2D eigenvalue weighted by Crippen LogP contribution is -2.47. The Labute approximate surface area is 135 Å². The van der Waals surface area contributed by atoms with Crippen LogP contribution >= 0.6 is 0 Å². The first kappa shape index (κ1) is 18.7. The molecule has 0 bridgehead atoms. The topological polar surface area (TPSA) is 92.7 Å². The lowest BCUT2D eigenvalue weighted by atomic mass is 10.1. The number of hydrogen-bond donors (Lipinski definition) is 2. The van der Waals surface area contributed by atoms with Gasteiger partial charge in [-0.15, -0.1) is 0 Å². The van der Waals surface area contributed by atoms with Crippen molar-refractivity contribution >= 4 is 18.2 Å². The minimum atomic E-state index is -1.04. The SMILES string of the molecule is CCCCC(NC(=O)C(CC)Oc1ccc(C=O)cc1)C(=O)O. The quantitative estimate of drug-likeness (QED) is 0.646. The van der Waals surface area contributed by atoms with Crippen molar-refractivity contribution in [3.05, 3.63) is 29.8 Å². The molecule has 2 atom stereocenters. The summed E-state index contributed by atoms with van der Waals surface area (Å²) in [5.41, 5.74) is 0.514. The highest BCUT2D eigenvalue weighted by atomic mass is 16.5. The lowest BCUT2D eigenvalue weighted by molar-refractivity contribution is -0.143. The molecule has 23 heavy (non-hydrogen) atoms. The van der Waals surface area contributed by atoms with Crippen LogP contribution in [0.25, 0.3) is 0 Å². The molecule has 0 aliphatic rings. The Kier molecular flexibility index (Phi) is 7.80. The van der Waals surface area contributed by atoms with Crippen molar-refractivity contribution in [3.63, 3.8) is 0 Å². The van der Waals surface area contributed by atoms with Crippen molar-refractivity contribution in [3.8, 4) is 5.75 Å². The summed E-state index contributed by atoms with van der Waals surface area (Å²) in [6.07, 6.45) is 2.32. The molecule has 1 rings (SSSR count). The highest BCUT2D eigenvalue weighted by Gasteiger charge is 2.25. The van der Waals surface area contributed by atoms with Gasteiger partial charge in [0.25, 0.3) is 5.91 Å². The number of carboxylic acid groups (broad SMARTS) is 1. The first-order valence-corrected chi connectivity index (χ1v) is 7.76. The fourth-order valence-corrected chi connectivity index (χ4v) is 2.04. The van der Waals surface area contributed by atoms with Crippen molar-refractivity contribution in [2.75, 3.05) is 0 Å². The summed E-state index contributed by atoms with van der Waals surface area (Å²) in [7, 11) is 0. The zero-order valence-electron chi connectivity index (χ0n) is 13.5. The van der Waals surface area contributed by atoms with Gasteiger partial charge in [0.15, 0.2) is 6.10 Å². The number of rotatable bonds is 10. The van der Waals surface area contributed by atoms with Gasteiger partial charge in [0.05, 0.1) is 0 Å². The van der Waals surface area contributed by atoms with E-state index in [1.54, 1.807) is 31.2 Å². The Morgan fingerprint density at radius 2 is 1.91 bits per heavy atom. The fraction of sp³-hybridized carbons (Fsp3) is 0.471. The molecule has 0 heterocycles. The summed E-state index contributed by atoms with van der Waals surface area (Å²) in [6, 6.07) is 5.48. The average Bonchev–Trinajstić information content (AvgIpc) is 2.56. The molecule has 0 aromatic heterocycles. The van der Waals surface area contributed by atoms with E-state index in [0.717, 1.165) is 19.1 Å². The third-order valence-corrected chi connectivity index (χ3v) is 3.42. The molecule has 0 radical (unpaired) electrons. The molecule has 0 saturated heterocycles. The molecular weight excluding hydrogens is 298 g/mol. The number of hydrogen-bond acceptors (Lipinski definition) is 4. The third kappa shape index (κ3) is 6.10. The number of nitrogens with one attached hydrogen (secondary N) is 1. The summed E-state index contributed by atoms with van der Waals surface area (Å²) < 4.78 is 5.59. The van der Waals surface area contributed by atoms with E-state index in [0.29, 0.717) is 24.2 Å². The third-order valence-electron chi connectivity index (χ3n) is 3.42. The molecule has 2 unspecified atom stereocenters. The van der Waals surface area contributed by atoms with Crippen LogP contribution in [0.4, 0.5) is 0 Å². The van der Waals surface area contributed by atoms with Crippen LogP contribution < -0.4 is 10.1 Å². The van der Waals surface area contributed by atoms with Crippen LogP contribution in [0.1, 0.15) is 49.9 Å². The van der Waals surface area contributed by atoms with Gasteiger partial charge >= 0.3 is 5.97 Å². The second-order valence-electron chi connectivity index (χ2n) is 5.24. The molecule has 126 valence electrons. The van der Waals surface area contributed by atoms with Crippen LogP contribution in [-0.4, -0.2) is 35.4 Å². The predicted molar refractivity (Wildman–Crippen MR) is 85.6 cm³/mol. The zero-order chi connectivity index (χ0) is 17.2. The van der Waals surface area contributed by atoms with Crippen LogP contribution in [0.15, 0.2) is 24.3 Å². The number of amides is 1. The second kappa shape index (κ2) is 9.61. The minimum Gasteiger partial charge on any atom is -0.481 e. The predicted octanol–water partition coefficient (Wildman–Crippen LogP) is 2.42. The number of benzene rings is 1. The number of carbonyl (C=O) groups is 3. The van der Waals surface area contributed by atoms with Crippen LogP contribution in [-0.2, 0) is 9.59 Å². The molecule has 1 amide bonds. The molecule has 0 aliphatic carbocycles. The van der Waals surface area contributed by atoms with Gasteiger partial charge in [-0.25, -0.2) is 4.79 Å². The minimum absolute atomic E-state index is 0.391. The Bertz CT molecular complexity index is 526. The Balaban J connectivity index is 2.68. The van der Waals surface area contributed by atoms with Crippen LogP contribution in [0, 0.1) is 0 Å². The highest BCUT2D eigenvalue weighted by molar-refractivity contribution is 5.86. The summed E-state index contributed by atoms with van der Waals surface area (Å²) in [5, 5.41) is 11.7. The van der Waals surface area contributed by atoms with E-state index in [-0.39, 0.29) is 0 Å². The monoisotopic (exact) mass is 321 g/mol. The van der Waals surface area contributed by atoms with E-state index < -0.39 is 24.0 Å². The summed E-state index contributed by atoms with van der Waals surface area (Å²) in [6.45, 7) is 3.74. The van der Waals surface area contributed by atoms with Crippen LogP contribution in [0.2, 0.25) is 0 Å². The molecule has 0 saturated carbocycles. The maximum atomic E-state index is 12.2. The Morgan fingerprint density at radius 1 is 1.26 bits per heavy atom. The van der Waals surface area contributed by atoms with E-state index in [1.165, 1.54) is 0 Å². The van der Waals surface area contributed by atoms with E-state index >= 15 is 0 Å². The van der Waals surface area contributed by atoms with E-state index in [2.05, 4.69) is 5.32 Å². The molecule has 0 aliphatic heterocycles. The number of aldehydes is 1. The fourth-order valence-electron chi connectivity index (χ4n) is 2.04. The number of carbonyl (C=O) groups excluding carboxylic acids is 2. The normalized spacial score (nSPS) is 13.0. The van der Waals surface area contributed by atoms with E-state index in [4.69, 9.17) is 9.84 Å². The molecule has 6 heteroatoms. The van der Waals surface area contributed by atoms with E-state index in [9.17, 15) is 14.4 Å². The number of aliphatic carboxylic acids is 1. The molecule has 0 spiro atoms. The average molecular weight is 321 g/mol. The molecule has 0 fully saturated rings. The standard InChI is InChI=1S/C17H23NO5/c1-3-5-6-14(17(21)22)18-16(20)15(4-2)23-13-9-7-12(11-19)8-10-13/h7-11,14-15H,3-6H2,1-2H3,(H,18,20)(H,21,22). The summed E-state index contributed by atoms with van der Waals surface area (Å²) in [5.74, 6) is -1.04. The smallest absolute Gasteiger partial charge is 0.326 e. The van der Waals surface area contributed by atoms with Crippen LogP contribution in [0.3, 0.4) is 0 Å². The lowest BCUT2D eigenvalue weighted by Gasteiger charge is -2.20. The van der Waals surface area contributed by atoms with Gasteiger partial charge in [-0.3, -0.25) is 9.59 Å². The van der Waals surface area contributed by atoms with Gasteiger partial charge in [-0.1, -0.05) is 26.7 Å². The van der Waals surface area contributed by atoms with Gasteiger partial charge in [0, 0.05) is 5.56 Å². The van der Waals surface area contributed by atoms with Gasteiger partial charge < -0.3 is 15.2 Å². The first-order valence-electron chi connectivity index (χ1n) is 7.76. The van der Waals surface area contributed by atoms with Crippen molar-refractivity contribution in [1.82, 2.24) is 5.32 Å².